The Kier molecular flexibility index (Phi) is 10.9. The maximum atomic E-state index is 10.2. The third-order valence-corrected chi connectivity index (χ3v) is 0.946. The van der Waals surface area contributed by atoms with Crippen molar-refractivity contribution in [3.05, 3.63) is 0 Å². The molecule has 0 bridgehead atoms. The van der Waals surface area contributed by atoms with Crippen molar-refractivity contribution in [2.75, 3.05) is 6.54 Å². The third-order valence-electron chi connectivity index (χ3n) is 0.946. The molecule has 2 N–H and O–H groups in total. The third kappa shape index (κ3) is 7.16. The first-order chi connectivity index (χ1) is 5.29. The van der Waals surface area contributed by atoms with Gasteiger partial charge in [0.05, 0.1) is 0 Å². The maximum absolute atomic E-state index is 10.2. The van der Waals surface area contributed by atoms with Crippen LogP contribution in [-0.4, -0.2) is 18.6 Å². The van der Waals surface area contributed by atoms with E-state index in [1.165, 1.54) is 0 Å². The van der Waals surface area contributed by atoms with Gasteiger partial charge in [0.15, 0.2) is 0 Å². The molecule has 1 fully saturated rings. The number of nitrogens with one attached hydrogen (secondary N) is 2. The van der Waals surface area contributed by atoms with Crippen LogP contribution in [0.3, 0.4) is 0 Å². The van der Waals surface area contributed by atoms with Gasteiger partial charge in [-0.05, 0) is 6.92 Å². The smallest absolute Gasteiger partial charge is 0.315 e. The lowest BCUT2D eigenvalue weighted by molar-refractivity contribution is 0.247. The van der Waals surface area contributed by atoms with Gasteiger partial charge in [-0.1, -0.05) is 27.7 Å². The zero-order chi connectivity index (χ0) is 9.28. The van der Waals surface area contributed by atoms with Crippen molar-refractivity contribution >= 4 is 6.03 Å². The van der Waals surface area contributed by atoms with Gasteiger partial charge in [0.25, 0.3) is 0 Å². The topological polar surface area (TPSA) is 41.1 Å². The van der Waals surface area contributed by atoms with Crippen molar-refractivity contribution in [1.82, 2.24) is 10.6 Å². The summed E-state index contributed by atoms with van der Waals surface area (Å²) in [5, 5.41) is 5.29. The molecular formula is C8H20N2O. The first kappa shape index (κ1) is 12.9. The second kappa shape index (κ2) is 9.27. The summed E-state index contributed by atoms with van der Waals surface area (Å²) >= 11 is 0. The first-order valence-corrected chi connectivity index (χ1v) is 4.33. The minimum absolute atomic E-state index is 0.0486. The van der Waals surface area contributed by atoms with E-state index in [0.29, 0.717) is 6.04 Å². The van der Waals surface area contributed by atoms with Gasteiger partial charge < -0.3 is 10.6 Å². The van der Waals surface area contributed by atoms with Crippen LogP contribution >= 0.6 is 0 Å². The lowest BCUT2D eigenvalue weighted by Gasteiger charge is -1.92. The molecular weight excluding hydrogens is 140 g/mol. The lowest BCUT2D eigenvalue weighted by Crippen LogP contribution is -2.23. The SMILES string of the molecule is CC.CC.CC1CNC(=O)N1. The van der Waals surface area contributed by atoms with E-state index in [4.69, 9.17) is 0 Å². The van der Waals surface area contributed by atoms with E-state index >= 15 is 0 Å². The van der Waals surface area contributed by atoms with Crippen LogP contribution in [0.15, 0.2) is 0 Å². The van der Waals surface area contributed by atoms with E-state index < -0.39 is 0 Å². The van der Waals surface area contributed by atoms with E-state index in [9.17, 15) is 4.79 Å². The predicted molar refractivity (Wildman–Crippen MR) is 48.7 cm³/mol. The second-order valence-electron chi connectivity index (χ2n) is 1.76. The highest BCUT2D eigenvalue weighted by Gasteiger charge is 2.13. The summed E-state index contributed by atoms with van der Waals surface area (Å²) in [7, 11) is 0. The quantitative estimate of drug-likeness (QED) is 0.557. The number of carbonyl (C=O) groups is 1. The number of hydrogen-bond acceptors (Lipinski definition) is 1. The van der Waals surface area contributed by atoms with E-state index in [0.717, 1.165) is 6.54 Å². The van der Waals surface area contributed by atoms with Gasteiger partial charge in [-0.25, -0.2) is 4.79 Å². The average molecular weight is 160 g/mol. The molecule has 0 radical (unpaired) electrons. The van der Waals surface area contributed by atoms with Gasteiger partial charge in [0, 0.05) is 12.6 Å². The molecule has 0 aromatic heterocycles. The fourth-order valence-corrected chi connectivity index (χ4v) is 0.572. The Labute approximate surface area is 69.6 Å². The van der Waals surface area contributed by atoms with Crippen LogP contribution < -0.4 is 10.6 Å². The molecule has 0 aromatic carbocycles. The predicted octanol–water partition coefficient (Wildman–Crippen LogP) is 1.74. The van der Waals surface area contributed by atoms with Crippen LogP contribution in [0.1, 0.15) is 34.6 Å². The van der Waals surface area contributed by atoms with Gasteiger partial charge in [-0.15, -0.1) is 0 Å². The van der Waals surface area contributed by atoms with Gasteiger partial charge in [0.1, 0.15) is 0 Å². The van der Waals surface area contributed by atoms with Crippen LogP contribution in [0.25, 0.3) is 0 Å². The van der Waals surface area contributed by atoms with Gasteiger partial charge in [-0.3, -0.25) is 0 Å². The Morgan fingerprint density at radius 1 is 1.27 bits per heavy atom. The van der Waals surface area contributed by atoms with E-state index in [2.05, 4.69) is 10.6 Å². The zero-order valence-electron chi connectivity index (χ0n) is 8.19. The molecule has 3 nitrogen and oxygen atoms in total. The standard InChI is InChI=1S/C4H8N2O.2C2H6/c1-3-2-5-4(7)6-3;2*1-2/h3H,2H2,1H3,(H2,5,6,7);2*1-2H3. The van der Waals surface area contributed by atoms with Crippen LogP contribution in [0.4, 0.5) is 4.79 Å². The second-order valence-corrected chi connectivity index (χ2v) is 1.76. The van der Waals surface area contributed by atoms with E-state index in [1.54, 1.807) is 0 Å². The highest BCUT2D eigenvalue weighted by atomic mass is 16.2. The van der Waals surface area contributed by atoms with E-state index in [1.807, 2.05) is 34.6 Å². The minimum Gasteiger partial charge on any atom is -0.336 e. The molecule has 0 aromatic rings. The molecule has 0 saturated carbocycles. The summed E-state index contributed by atoms with van der Waals surface area (Å²) in [4.78, 5) is 10.2. The largest absolute Gasteiger partial charge is 0.336 e. The maximum Gasteiger partial charge on any atom is 0.315 e. The molecule has 1 unspecified atom stereocenters. The molecule has 1 aliphatic heterocycles. The van der Waals surface area contributed by atoms with Crippen molar-refractivity contribution in [1.29, 1.82) is 0 Å². The molecule has 1 heterocycles. The fourth-order valence-electron chi connectivity index (χ4n) is 0.572. The fraction of sp³-hybridized carbons (Fsp3) is 0.875. The highest BCUT2D eigenvalue weighted by molar-refractivity contribution is 5.76. The first-order valence-electron chi connectivity index (χ1n) is 4.33. The summed E-state index contributed by atoms with van der Waals surface area (Å²) in [6.07, 6.45) is 0. The van der Waals surface area contributed by atoms with Crippen LogP contribution in [0, 0.1) is 0 Å². The monoisotopic (exact) mass is 160 g/mol. The Balaban J connectivity index is 0. The summed E-state index contributed by atoms with van der Waals surface area (Å²) in [5.74, 6) is 0. The van der Waals surface area contributed by atoms with Gasteiger partial charge in [0.2, 0.25) is 0 Å². The van der Waals surface area contributed by atoms with Gasteiger partial charge in [-0.2, -0.15) is 0 Å². The number of urea groups is 1. The normalized spacial score (nSPS) is 19.7. The lowest BCUT2D eigenvalue weighted by atomic mass is 10.4. The average Bonchev–Trinajstić information content (AvgIpc) is 2.43. The summed E-state index contributed by atoms with van der Waals surface area (Å²) in [6.45, 7) is 10.7. The summed E-state index contributed by atoms with van der Waals surface area (Å²) < 4.78 is 0. The molecule has 1 saturated heterocycles. The Morgan fingerprint density at radius 2 is 1.73 bits per heavy atom. The van der Waals surface area contributed by atoms with Crippen LogP contribution in [-0.2, 0) is 0 Å². The number of rotatable bonds is 0. The number of carbonyl (C=O) groups excluding carboxylic acids is 1. The van der Waals surface area contributed by atoms with Crippen molar-refractivity contribution < 1.29 is 4.79 Å². The Morgan fingerprint density at radius 3 is 1.82 bits per heavy atom. The summed E-state index contributed by atoms with van der Waals surface area (Å²) in [5.41, 5.74) is 0. The molecule has 11 heavy (non-hydrogen) atoms. The van der Waals surface area contributed by atoms with E-state index in [-0.39, 0.29) is 6.03 Å². The molecule has 0 spiro atoms. The van der Waals surface area contributed by atoms with Crippen molar-refractivity contribution in [3.63, 3.8) is 0 Å². The minimum atomic E-state index is -0.0486. The highest BCUT2D eigenvalue weighted by Crippen LogP contribution is 1.84. The summed E-state index contributed by atoms with van der Waals surface area (Å²) in [6, 6.07) is 0.264. The molecule has 1 aliphatic rings. The Bertz CT molecular complexity index is 94.1. The molecule has 1 atom stereocenters. The molecule has 3 heteroatoms. The van der Waals surface area contributed by atoms with Crippen molar-refractivity contribution in [2.45, 2.75) is 40.7 Å². The van der Waals surface area contributed by atoms with Crippen molar-refractivity contribution in [2.24, 2.45) is 0 Å². The zero-order valence-corrected chi connectivity index (χ0v) is 8.19. The van der Waals surface area contributed by atoms with Crippen LogP contribution in [0.2, 0.25) is 0 Å². The molecule has 68 valence electrons. The Hall–Kier alpha value is -0.730. The molecule has 0 aliphatic carbocycles. The van der Waals surface area contributed by atoms with Gasteiger partial charge >= 0.3 is 6.03 Å². The molecule has 1 rings (SSSR count). The van der Waals surface area contributed by atoms with Crippen molar-refractivity contribution in [3.8, 4) is 0 Å². The number of amides is 2. The van der Waals surface area contributed by atoms with Crippen LogP contribution in [0.5, 0.6) is 0 Å². The molecule has 2 amide bonds. The number of hydrogen-bond donors (Lipinski definition) is 2.